The van der Waals surface area contributed by atoms with E-state index in [0.29, 0.717) is 17.6 Å². The zero-order valence-electron chi connectivity index (χ0n) is 16.6. The van der Waals surface area contributed by atoms with Crippen molar-refractivity contribution in [2.75, 3.05) is 0 Å². The molecular formula is C20H23N5O3. The Morgan fingerprint density at radius 3 is 2.57 bits per heavy atom. The van der Waals surface area contributed by atoms with Gasteiger partial charge in [0.15, 0.2) is 17.4 Å². The van der Waals surface area contributed by atoms with E-state index in [1.54, 1.807) is 4.57 Å². The number of amides is 1. The maximum Gasteiger partial charge on any atom is 0.278 e. The van der Waals surface area contributed by atoms with Gasteiger partial charge in [0.05, 0.1) is 18.2 Å². The molecule has 1 amide bonds. The molecule has 1 aliphatic heterocycles. The number of hydrogen-bond acceptors (Lipinski definition) is 5. The van der Waals surface area contributed by atoms with E-state index in [2.05, 4.69) is 15.0 Å². The van der Waals surface area contributed by atoms with Gasteiger partial charge in [-0.15, -0.1) is 0 Å². The summed E-state index contributed by atoms with van der Waals surface area (Å²) in [7, 11) is 0. The number of carbonyl (C=O) groups excluding carboxylic acids is 1. The molecule has 8 heteroatoms. The van der Waals surface area contributed by atoms with Crippen LogP contribution in [0.2, 0.25) is 0 Å². The summed E-state index contributed by atoms with van der Waals surface area (Å²) in [4.78, 5) is 42.2. The number of nitrogens with zero attached hydrogens (tertiary/aromatic N) is 4. The second kappa shape index (κ2) is 6.27. The molecule has 0 spiro atoms. The number of imidazole rings is 1. The van der Waals surface area contributed by atoms with E-state index >= 15 is 0 Å². The fourth-order valence-corrected chi connectivity index (χ4v) is 3.98. The number of hydrogen-bond donors (Lipinski definition) is 1. The standard InChI is InChI=1S/C20H23N5O3/c1-11-6-12(2)15(13(3)7-11)19(27)25-20(4,5)8-14(28-25)24-10-23-16-17(24)21-9-22-18(16)26/h6-7,9-10,14H,8H2,1-5H3,(H,21,22,26). The van der Waals surface area contributed by atoms with Crippen molar-refractivity contribution in [3.63, 3.8) is 0 Å². The molecule has 3 aromatic rings. The predicted octanol–water partition coefficient (Wildman–Crippen LogP) is 2.80. The molecule has 1 unspecified atom stereocenters. The zero-order chi connectivity index (χ0) is 20.2. The summed E-state index contributed by atoms with van der Waals surface area (Å²) in [5, 5.41) is 1.45. The van der Waals surface area contributed by atoms with Crippen molar-refractivity contribution in [2.24, 2.45) is 0 Å². The summed E-state index contributed by atoms with van der Waals surface area (Å²) in [6, 6.07) is 4.00. The van der Waals surface area contributed by atoms with Crippen LogP contribution in [0.1, 0.15) is 53.5 Å². The molecule has 0 bridgehead atoms. The van der Waals surface area contributed by atoms with Gasteiger partial charge in [-0.05, 0) is 45.7 Å². The summed E-state index contributed by atoms with van der Waals surface area (Å²) in [5.41, 5.74) is 3.46. The Hall–Kier alpha value is -3.00. The Kier molecular flexibility index (Phi) is 4.11. The fourth-order valence-electron chi connectivity index (χ4n) is 3.98. The van der Waals surface area contributed by atoms with E-state index in [-0.39, 0.29) is 17.0 Å². The molecule has 8 nitrogen and oxygen atoms in total. The monoisotopic (exact) mass is 381 g/mol. The minimum absolute atomic E-state index is 0.169. The first-order chi connectivity index (χ1) is 13.2. The van der Waals surface area contributed by atoms with Crippen LogP contribution < -0.4 is 5.56 Å². The van der Waals surface area contributed by atoms with Crippen molar-refractivity contribution in [2.45, 2.75) is 52.8 Å². The molecule has 3 heterocycles. The Bertz CT molecular complexity index is 1120. The fraction of sp³-hybridized carbons (Fsp3) is 0.400. The maximum atomic E-state index is 13.4. The number of aryl methyl sites for hydroxylation is 3. The zero-order valence-corrected chi connectivity index (χ0v) is 16.6. The van der Waals surface area contributed by atoms with Crippen molar-refractivity contribution < 1.29 is 9.63 Å². The number of hydroxylamine groups is 2. The predicted molar refractivity (Wildman–Crippen MR) is 104 cm³/mol. The first-order valence-corrected chi connectivity index (χ1v) is 9.18. The van der Waals surface area contributed by atoms with Gasteiger partial charge in [0.25, 0.3) is 11.5 Å². The SMILES string of the molecule is Cc1cc(C)c(C(=O)N2OC(n3cnc4c(=O)[nH]cnc43)CC2(C)C)c(C)c1. The molecule has 1 saturated heterocycles. The van der Waals surface area contributed by atoms with E-state index in [1.807, 2.05) is 46.8 Å². The van der Waals surface area contributed by atoms with E-state index in [0.717, 1.165) is 16.7 Å². The molecule has 0 radical (unpaired) electrons. The molecule has 4 rings (SSSR count). The Morgan fingerprint density at radius 2 is 1.89 bits per heavy atom. The Balaban J connectivity index is 1.71. The number of nitrogens with one attached hydrogen (secondary N) is 1. The minimum atomic E-state index is -0.538. The second-order valence-corrected chi connectivity index (χ2v) is 8.01. The maximum absolute atomic E-state index is 13.4. The van der Waals surface area contributed by atoms with Gasteiger partial charge in [-0.1, -0.05) is 17.7 Å². The van der Waals surface area contributed by atoms with Gasteiger partial charge in [0, 0.05) is 12.0 Å². The molecule has 146 valence electrons. The lowest BCUT2D eigenvalue weighted by Gasteiger charge is -2.29. The lowest BCUT2D eigenvalue weighted by Crippen LogP contribution is -2.42. The van der Waals surface area contributed by atoms with Gasteiger partial charge in [-0.2, -0.15) is 0 Å². The molecular weight excluding hydrogens is 358 g/mol. The number of H-pyrrole nitrogens is 1. The van der Waals surface area contributed by atoms with Crippen LogP contribution in [0.15, 0.2) is 29.6 Å². The Labute approximate surface area is 162 Å². The van der Waals surface area contributed by atoms with Crippen molar-refractivity contribution in [3.8, 4) is 0 Å². The highest BCUT2D eigenvalue weighted by Gasteiger charge is 2.45. The van der Waals surface area contributed by atoms with Crippen LogP contribution in [-0.4, -0.2) is 36.0 Å². The lowest BCUT2D eigenvalue weighted by molar-refractivity contribution is -0.161. The van der Waals surface area contributed by atoms with Crippen molar-refractivity contribution in [1.82, 2.24) is 24.6 Å². The summed E-state index contributed by atoms with van der Waals surface area (Å²) in [5.74, 6) is -0.169. The molecule has 2 aromatic heterocycles. The Morgan fingerprint density at radius 1 is 1.21 bits per heavy atom. The van der Waals surface area contributed by atoms with Crippen LogP contribution >= 0.6 is 0 Å². The molecule has 28 heavy (non-hydrogen) atoms. The van der Waals surface area contributed by atoms with Gasteiger partial charge in [-0.25, -0.2) is 19.9 Å². The average molecular weight is 381 g/mol. The number of rotatable bonds is 2. The first kappa shape index (κ1) is 18.4. The topological polar surface area (TPSA) is 93.1 Å². The molecule has 1 N–H and O–H groups in total. The molecule has 1 atom stereocenters. The van der Waals surface area contributed by atoms with Crippen LogP contribution in [0.25, 0.3) is 11.2 Å². The number of fused-ring (bicyclic) bond motifs is 1. The van der Waals surface area contributed by atoms with E-state index < -0.39 is 11.8 Å². The van der Waals surface area contributed by atoms with Crippen LogP contribution in [0, 0.1) is 20.8 Å². The number of benzene rings is 1. The molecule has 1 aliphatic rings. The smallest absolute Gasteiger partial charge is 0.278 e. The van der Waals surface area contributed by atoms with E-state index in [9.17, 15) is 9.59 Å². The third-order valence-corrected chi connectivity index (χ3v) is 5.20. The van der Waals surface area contributed by atoms with E-state index in [4.69, 9.17) is 4.84 Å². The molecule has 0 saturated carbocycles. The number of aromatic nitrogens is 4. The van der Waals surface area contributed by atoms with Crippen LogP contribution in [0.3, 0.4) is 0 Å². The molecule has 0 aliphatic carbocycles. The van der Waals surface area contributed by atoms with Crippen LogP contribution in [-0.2, 0) is 4.84 Å². The third-order valence-electron chi connectivity index (χ3n) is 5.20. The highest BCUT2D eigenvalue weighted by molar-refractivity contribution is 5.97. The summed E-state index contributed by atoms with van der Waals surface area (Å²) in [6.45, 7) is 9.81. The summed E-state index contributed by atoms with van der Waals surface area (Å²) < 4.78 is 1.70. The second-order valence-electron chi connectivity index (χ2n) is 8.01. The highest BCUT2D eigenvalue weighted by Crippen LogP contribution is 2.39. The minimum Gasteiger partial charge on any atom is -0.311 e. The molecule has 1 aromatic carbocycles. The number of carbonyl (C=O) groups is 1. The summed E-state index contributed by atoms with van der Waals surface area (Å²) >= 11 is 0. The van der Waals surface area contributed by atoms with Gasteiger partial charge in [0.2, 0.25) is 0 Å². The first-order valence-electron chi connectivity index (χ1n) is 9.18. The van der Waals surface area contributed by atoms with Gasteiger partial charge in [0.1, 0.15) is 0 Å². The van der Waals surface area contributed by atoms with E-state index in [1.165, 1.54) is 17.7 Å². The van der Waals surface area contributed by atoms with Crippen molar-refractivity contribution in [3.05, 3.63) is 57.4 Å². The average Bonchev–Trinajstić information content (AvgIpc) is 3.15. The normalized spacial score (nSPS) is 18.8. The largest absolute Gasteiger partial charge is 0.311 e. The van der Waals surface area contributed by atoms with Gasteiger partial charge >= 0.3 is 0 Å². The molecule has 1 fully saturated rings. The van der Waals surface area contributed by atoms with Gasteiger partial charge < -0.3 is 4.98 Å². The van der Waals surface area contributed by atoms with Crippen LogP contribution in [0.5, 0.6) is 0 Å². The lowest BCUT2D eigenvalue weighted by atomic mass is 9.96. The quantitative estimate of drug-likeness (QED) is 0.737. The van der Waals surface area contributed by atoms with Gasteiger partial charge in [-0.3, -0.25) is 14.2 Å². The van der Waals surface area contributed by atoms with Crippen molar-refractivity contribution >= 4 is 17.1 Å². The van der Waals surface area contributed by atoms with Crippen LogP contribution in [0.4, 0.5) is 0 Å². The summed E-state index contributed by atoms with van der Waals surface area (Å²) in [6.07, 6.45) is 2.93. The van der Waals surface area contributed by atoms with Crippen molar-refractivity contribution in [1.29, 1.82) is 0 Å². The number of aromatic amines is 1. The third kappa shape index (κ3) is 2.80. The highest BCUT2D eigenvalue weighted by atomic mass is 16.7.